The van der Waals surface area contributed by atoms with Gasteiger partial charge in [-0.25, -0.2) is 18.3 Å². The average molecular weight is 843 g/mol. The van der Waals surface area contributed by atoms with E-state index in [1.807, 2.05) is 23.1 Å². The number of rotatable bonds is 13. The molecule has 3 saturated heterocycles. The van der Waals surface area contributed by atoms with E-state index in [1.54, 1.807) is 28.9 Å². The van der Waals surface area contributed by atoms with Gasteiger partial charge in [-0.05, 0) is 80.9 Å². The number of nitrogens with zero attached hydrogens (tertiary/aromatic N) is 8. The van der Waals surface area contributed by atoms with Gasteiger partial charge >= 0.3 is 0 Å². The molecule has 324 valence electrons. The molecule has 4 amide bonds. The number of aryl methyl sites for hydroxylation is 1. The molecule has 18 heteroatoms. The van der Waals surface area contributed by atoms with Crippen LogP contribution in [0.1, 0.15) is 103 Å². The van der Waals surface area contributed by atoms with Gasteiger partial charge in [0, 0.05) is 65.2 Å². The van der Waals surface area contributed by atoms with Gasteiger partial charge < -0.3 is 29.9 Å². The average Bonchev–Trinajstić information content (AvgIpc) is 3.93. The predicted octanol–water partition coefficient (Wildman–Crippen LogP) is 4.25. The normalized spacial score (nSPS) is 24.1. The number of fused-ring (bicyclic) bond motifs is 2. The summed E-state index contributed by atoms with van der Waals surface area (Å²) in [5.74, 6) is -1.40. The van der Waals surface area contributed by atoms with Crippen molar-refractivity contribution in [2.75, 3.05) is 61.5 Å². The summed E-state index contributed by atoms with van der Waals surface area (Å²) >= 11 is 0. The van der Waals surface area contributed by atoms with Gasteiger partial charge in [0.15, 0.2) is 11.3 Å². The monoisotopic (exact) mass is 842 g/mol. The number of benzene rings is 1. The summed E-state index contributed by atoms with van der Waals surface area (Å²) in [5, 5.41) is 23.2. The van der Waals surface area contributed by atoms with Crippen molar-refractivity contribution in [1.82, 2.24) is 34.6 Å². The van der Waals surface area contributed by atoms with Crippen molar-refractivity contribution in [2.24, 2.45) is 11.8 Å². The van der Waals surface area contributed by atoms with Crippen LogP contribution in [0.4, 0.5) is 26.0 Å². The summed E-state index contributed by atoms with van der Waals surface area (Å²) < 4.78 is 37.8. The third kappa shape index (κ3) is 8.36. The lowest BCUT2D eigenvalue weighted by Crippen LogP contribution is -2.51. The van der Waals surface area contributed by atoms with Gasteiger partial charge in [0.05, 0.1) is 47.7 Å². The van der Waals surface area contributed by atoms with Crippen molar-refractivity contribution < 1.29 is 37.8 Å². The lowest BCUT2D eigenvalue weighted by Gasteiger charge is -2.36. The van der Waals surface area contributed by atoms with Crippen LogP contribution in [0.5, 0.6) is 0 Å². The van der Waals surface area contributed by atoms with Crippen molar-refractivity contribution in [3.63, 3.8) is 0 Å². The van der Waals surface area contributed by atoms with E-state index in [9.17, 15) is 33.1 Å². The second kappa shape index (κ2) is 17.2. The van der Waals surface area contributed by atoms with Crippen LogP contribution < -0.4 is 20.4 Å². The fourth-order valence-corrected chi connectivity index (χ4v) is 9.95. The quantitative estimate of drug-likeness (QED) is 0.129. The van der Waals surface area contributed by atoms with Crippen LogP contribution in [0.15, 0.2) is 42.9 Å². The Morgan fingerprint density at radius 2 is 1.84 bits per heavy atom. The Kier molecular flexibility index (Phi) is 11.6. The fraction of sp³-hybridized carbons (Fsp3) is 0.558. The van der Waals surface area contributed by atoms with E-state index >= 15 is 0 Å². The number of β-amino-alcohol motifs (C(OH)–C–C–N with tert-alkyl or cyclic N) is 1. The highest BCUT2D eigenvalue weighted by atomic mass is 19.3. The molecule has 5 aliphatic rings. The molecule has 4 fully saturated rings. The first kappa shape index (κ1) is 41.0. The Bertz CT molecular complexity index is 2290. The van der Waals surface area contributed by atoms with Gasteiger partial charge in [-0.3, -0.25) is 29.2 Å². The summed E-state index contributed by atoms with van der Waals surface area (Å²) in [5.41, 5.74) is 2.74. The number of para-hydroxylation sites is 1. The molecule has 0 radical (unpaired) electrons. The van der Waals surface area contributed by atoms with Gasteiger partial charge in [0.2, 0.25) is 17.7 Å². The van der Waals surface area contributed by atoms with Crippen molar-refractivity contribution in [3.05, 3.63) is 65.2 Å². The molecule has 3 aromatic heterocycles. The highest BCUT2D eigenvalue weighted by Gasteiger charge is 2.45. The zero-order valence-corrected chi connectivity index (χ0v) is 34.2. The minimum Gasteiger partial charge on any atom is -0.389 e. The number of anilines is 3. The molecule has 4 aliphatic heterocycles. The number of carbonyl (C=O) groups is 4. The molecular formula is C43H52F2N10O6. The summed E-state index contributed by atoms with van der Waals surface area (Å²) in [4.78, 5) is 61.7. The van der Waals surface area contributed by atoms with Gasteiger partial charge in [0.25, 0.3) is 12.3 Å². The van der Waals surface area contributed by atoms with Crippen molar-refractivity contribution in [2.45, 2.75) is 94.8 Å². The van der Waals surface area contributed by atoms with Crippen LogP contribution in [0.2, 0.25) is 0 Å². The Labute approximate surface area is 351 Å². The van der Waals surface area contributed by atoms with Crippen molar-refractivity contribution >= 4 is 46.5 Å². The molecule has 1 aromatic carbocycles. The molecule has 1 aliphatic carbocycles. The molecule has 3 N–H and O–H groups in total. The number of nitrogens with one attached hydrogen (secondary N) is 2. The molecule has 2 unspecified atom stereocenters. The summed E-state index contributed by atoms with van der Waals surface area (Å²) in [6.45, 7) is 4.39. The minimum absolute atomic E-state index is 0.0265. The van der Waals surface area contributed by atoms with E-state index < -0.39 is 36.0 Å². The van der Waals surface area contributed by atoms with Crippen LogP contribution in [0.3, 0.4) is 0 Å². The Balaban J connectivity index is 0.719. The highest BCUT2D eigenvalue weighted by Crippen LogP contribution is 2.45. The molecule has 7 heterocycles. The zero-order valence-electron chi connectivity index (χ0n) is 34.2. The number of likely N-dealkylation sites (tertiary alicyclic amines) is 1. The van der Waals surface area contributed by atoms with E-state index in [-0.39, 0.29) is 53.2 Å². The Hall–Kier alpha value is -5.33. The molecule has 9 rings (SSSR count). The van der Waals surface area contributed by atoms with Crippen LogP contribution in [-0.4, -0.2) is 117 Å². The number of hydrogen-bond acceptors (Lipinski definition) is 11. The molecular weight excluding hydrogens is 791 g/mol. The third-order valence-corrected chi connectivity index (χ3v) is 13.3. The molecule has 1 saturated carbocycles. The van der Waals surface area contributed by atoms with Gasteiger partial charge in [-0.15, -0.1) is 0 Å². The van der Waals surface area contributed by atoms with Crippen LogP contribution in [-0.2, 0) is 25.5 Å². The maximum atomic E-state index is 14.2. The number of halogens is 2. The van der Waals surface area contributed by atoms with E-state index in [0.29, 0.717) is 37.9 Å². The van der Waals surface area contributed by atoms with Crippen LogP contribution in [0.25, 0.3) is 5.65 Å². The summed E-state index contributed by atoms with van der Waals surface area (Å²) in [7, 11) is 1.76. The number of carbonyl (C=O) groups excluding carboxylic acids is 4. The molecule has 61 heavy (non-hydrogen) atoms. The van der Waals surface area contributed by atoms with E-state index in [0.717, 1.165) is 87.8 Å². The van der Waals surface area contributed by atoms with Gasteiger partial charge in [-0.1, -0.05) is 18.2 Å². The third-order valence-electron chi connectivity index (χ3n) is 13.3. The SMILES string of the molecule is CN1C(=O)C(C2CCC(=O)NC2=O)c2cccc(CCCOC3CCN(C[C@H]4CC[C@H](n5cc(NC(=O)c6cnn7ccc(N8CC(O)C8)nc67)c(C(F)F)n5)CC4)CC3)c21. The Morgan fingerprint density at radius 3 is 2.57 bits per heavy atom. The maximum Gasteiger partial charge on any atom is 0.284 e. The first-order valence-electron chi connectivity index (χ1n) is 21.5. The number of aliphatic hydroxyl groups is 1. The molecule has 0 spiro atoms. The molecule has 0 bridgehead atoms. The topological polar surface area (TPSA) is 180 Å². The fourth-order valence-electron chi connectivity index (χ4n) is 9.95. The number of ether oxygens (including phenoxy) is 1. The Morgan fingerprint density at radius 1 is 1.05 bits per heavy atom. The zero-order chi connectivity index (χ0) is 42.4. The lowest BCUT2D eigenvalue weighted by atomic mass is 9.81. The first-order valence-corrected chi connectivity index (χ1v) is 21.5. The molecule has 16 nitrogen and oxygen atoms in total. The number of piperidine rings is 2. The van der Waals surface area contributed by atoms with Gasteiger partial charge in [-0.2, -0.15) is 10.2 Å². The number of aromatic nitrogens is 5. The van der Waals surface area contributed by atoms with E-state index in [2.05, 4.69) is 30.7 Å². The number of aliphatic hydroxyl groups excluding tert-OH is 1. The maximum absolute atomic E-state index is 14.2. The van der Waals surface area contributed by atoms with Gasteiger partial charge in [0.1, 0.15) is 11.4 Å². The summed E-state index contributed by atoms with van der Waals surface area (Å²) in [6.07, 6.45) is 9.04. The van der Waals surface area contributed by atoms with Crippen molar-refractivity contribution in [3.8, 4) is 0 Å². The number of imide groups is 1. The molecule has 4 aromatic rings. The van der Waals surface area contributed by atoms with Crippen LogP contribution in [0, 0.1) is 11.8 Å². The van der Waals surface area contributed by atoms with Crippen molar-refractivity contribution in [1.29, 1.82) is 0 Å². The number of alkyl halides is 2. The second-order valence-corrected chi connectivity index (χ2v) is 17.3. The number of hydrogen-bond donors (Lipinski definition) is 3. The van der Waals surface area contributed by atoms with E-state index in [4.69, 9.17) is 4.74 Å². The summed E-state index contributed by atoms with van der Waals surface area (Å²) in [6, 6.07) is 7.61. The highest BCUT2D eigenvalue weighted by molar-refractivity contribution is 6.10. The largest absolute Gasteiger partial charge is 0.389 e. The van der Waals surface area contributed by atoms with E-state index in [1.165, 1.54) is 16.9 Å². The molecule has 2 atom stereocenters. The standard InChI is InChI=1S/C43H52F2N10O6/c1-51-38-26(4-2-6-30(38)36(43(51)60)31-11-12-35(57)49-41(31)58)5-3-19-61-29-13-16-52(17-14-29)21-25-7-9-27(10-8-25)55-24-33(37(50-55)39(44)45)47-42(59)32-20-46-54-18-15-34(48-40(32)54)53-22-28(56)23-53/h2,4,6,15,18,20,24-25,27-29,31,36,39,56H,3,5,7-14,16-17,19,21-23H2,1H3,(H,47,59)(H,49,57,58)/t25-,27-,31?,36?. The predicted molar refractivity (Wildman–Crippen MR) is 220 cm³/mol. The minimum atomic E-state index is -2.87. The second-order valence-electron chi connectivity index (χ2n) is 17.3. The number of amides is 4. The smallest absolute Gasteiger partial charge is 0.284 e. The van der Waals surface area contributed by atoms with Crippen LogP contribution >= 0.6 is 0 Å². The first-order chi connectivity index (χ1) is 29.5. The number of likely N-dealkylation sites (N-methyl/N-ethyl adjacent to an activating group) is 1. The lowest BCUT2D eigenvalue weighted by molar-refractivity contribution is -0.139.